The molecule has 1 heterocycles. The summed E-state index contributed by atoms with van der Waals surface area (Å²) >= 11 is 0. The molecule has 0 atom stereocenters. The van der Waals surface area contributed by atoms with E-state index in [1.807, 2.05) is 48.5 Å². The van der Waals surface area contributed by atoms with Gasteiger partial charge in [0.05, 0.1) is 5.69 Å². The molecule has 0 bridgehead atoms. The van der Waals surface area contributed by atoms with E-state index < -0.39 is 0 Å². The third-order valence-corrected chi connectivity index (χ3v) is 3.33. The standard InChI is InChI=1S/C17H15N3O2/c21-16(18-11-13-7-3-1-4-8-13)15-12-19-20(17(15)22)14-9-5-2-6-10-14/h1-10,12,19H,11H2,(H,18,21). The van der Waals surface area contributed by atoms with E-state index in [2.05, 4.69) is 10.4 Å². The second-order valence-corrected chi connectivity index (χ2v) is 4.83. The smallest absolute Gasteiger partial charge is 0.284 e. The van der Waals surface area contributed by atoms with Gasteiger partial charge in [0.2, 0.25) is 0 Å². The van der Waals surface area contributed by atoms with Crippen LogP contribution in [0.25, 0.3) is 5.69 Å². The van der Waals surface area contributed by atoms with E-state index in [4.69, 9.17) is 0 Å². The van der Waals surface area contributed by atoms with Gasteiger partial charge in [-0.25, -0.2) is 4.68 Å². The van der Waals surface area contributed by atoms with Crippen LogP contribution in [0.5, 0.6) is 0 Å². The van der Waals surface area contributed by atoms with Crippen LogP contribution >= 0.6 is 0 Å². The first-order valence-corrected chi connectivity index (χ1v) is 6.93. The number of carbonyl (C=O) groups excluding carboxylic acids is 1. The van der Waals surface area contributed by atoms with E-state index in [0.29, 0.717) is 12.2 Å². The van der Waals surface area contributed by atoms with Crippen molar-refractivity contribution in [2.24, 2.45) is 0 Å². The Hall–Kier alpha value is -3.08. The largest absolute Gasteiger partial charge is 0.348 e. The van der Waals surface area contributed by atoms with Gasteiger partial charge in [-0.3, -0.25) is 14.7 Å². The molecule has 1 amide bonds. The van der Waals surface area contributed by atoms with Crippen LogP contribution in [-0.4, -0.2) is 15.7 Å². The molecule has 0 fully saturated rings. The highest BCUT2D eigenvalue weighted by atomic mass is 16.2. The first-order valence-electron chi connectivity index (χ1n) is 6.93. The molecule has 0 spiro atoms. The molecule has 5 heteroatoms. The molecule has 0 aliphatic carbocycles. The quantitative estimate of drug-likeness (QED) is 0.773. The Balaban J connectivity index is 1.77. The fourth-order valence-electron chi connectivity index (χ4n) is 2.17. The zero-order valence-corrected chi connectivity index (χ0v) is 11.8. The number of hydrogen-bond acceptors (Lipinski definition) is 2. The number of benzene rings is 2. The third-order valence-electron chi connectivity index (χ3n) is 3.33. The molecule has 3 rings (SSSR count). The third kappa shape index (κ3) is 2.83. The minimum absolute atomic E-state index is 0.0970. The number of rotatable bonds is 4. The van der Waals surface area contributed by atoms with Crippen LogP contribution in [0.3, 0.4) is 0 Å². The number of para-hydroxylation sites is 1. The average Bonchev–Trinajstić information content (AvgIpc) is 2.96. The lowest BCUT2D eigenvalue weighted by molar-refractivity contribution is 0.0950. The number of hydrogen-bond donors (Lipinski definition) is 2. The fourth-order valence-corrected chi connectivity index (χ4v) is 2.17. The number of nitrogens with zero attached hydrogens (tertiary/aromatic N) is 1. The second kappa shape index (κ2) is 6.13. The van der Waals surface area contributed by atoms with Gasteiger partial charge in [0.15, 0.2) is 0 Å². The molecule has 0 aliphatic rings. The number of carbonyl (C=O) groups is 1. The van der Waals surface area contributed by atoms with Crippen LogP contribution in [0.2, 0.25) is 0 Å². The maximum Gasteiger partial charge on any atom is 0.284 e. The van der Waals surface area contributed by atoms with E-state index in [-0.39, 0.29) is 17.0 Å². The van der Waals surface area contributed by atoms with Crippen molar-refractivity contribution in [3.8, 4) is 5.69 Å². The molecule has 3 aromatic rings. The van der Waals surface area contributed by atoms with Crippen LogP contribution in [0.1, 0.15) is 15.9 Å². The molecule has 110 valence electrons. The van der Waals surface area contributed by atoms with Gasteiger partial charge in [0, 0.05) is 12.7 Å². The summed E-state index contributed by atoms with van der Waals surface area (Å²) in [5.41, 5.74) is 1.40. The SMILES string of the molecule is O=C(NCc1ccccc1)c1c[nH]n(-c2ccccc2)c1=O. The number of H-pyrrole nitrogens is 1. The van der Waals surface area contributed by atoms with Crippen molar-refractivity contribution in [3.05, 3.63) is 88.3 Å². The molecule has 0 radical (unpaired) electrons. The summed E-state index contributed by atoms with van der Waals surface area (Å²) in [6.45, 7) is 0.385. The first-order chi connectivity index (χ1) is 10.8. The Bertz CT molecular complexity index is 820. The van der Waals surface area contributed by atoms with Crippen molar-refractivity contribution < 1.29 is 4.79 Å². The Morgan fingerprint density at radius 2 is 1.64 bits per heavy atom. The van der Waals surface area contributed by atoms with Crippen LogP contribution in [0, 0.1) is 0 Å². The molecule has 2 aromatic carbocycles. The predicted octanol–water partition coefficient (Wildman–Crippen LogP) is 2.10. The van der Waals surface area contributed by atoms with Gasteiger partial charge < -0.3 is 5.32 Å². The molecule has 0 aliphatic heterocycles. The molecular weight excluding hydrogens is 278 g/mol. The topological polar surface area (TPSA) is 66.9 Å². The highest BCUT2D eigenvalue weighted by Crippen LogP contribution is 2.03. The van der Waals surface area contributed by atoms with Gasteiger partial charge >= 0.3 is 0 Å². The zero-order valence-electron chi connectivity index (χ0n) is 11.8. The fraction of sp³-hybridized carbons (Fsp3) is 0.0588. The summed E-state index contributed by atoms with van der Waals surface area (Å²) in [4.78, 5) is 24.4. The molecule has 0 saturated carbocycles. The maximum atomic E-state index is 12.3. The number of amides is 1. The number of aromatic nitrogens is 2. The van der Waals surface area contributed by atoms with Gasteiger partial charge in [-0.05, 0) is 17.7 Å². The van der Waals surface area contributed by atoms with E-state index in [0.717, 1.165) is 5.56 Å². The lowest BCUT2D eigenvalue weighted by Gasteiger charge is -2.03. The monoisotopic (exact) mass is 293 g/mol. The first kappa shape index (κ1) is 13.9. The van der Waals surface area contributed by atoms with Gasteiger partial charge in [0.1, 0.15) is 5.56 Å². The van der Waals surface area contributed by atoms with Crippen LogP contribution in [0.15, 0.2) is 71.7 Å². The highest BCUT2D eigenvalue weighted by Gasteiger charge is 2.14. The Kier molecular flexibility index (Phi) is 3.87. The van der Waals surface area contributed by atoms with Gasteiger partial charge in [-0.1, -0.05) is 48.5 Å². The van der Waals surface area contributed by atoms with Crippen molar-refractivity contribution in [2.45, 2.75) is 6.54 Å². The summed E-state index contributed by atoms with van der Waals surface area (Å²) in [5, 5.41) is 5.56. The van der Waals surface area contributed by atoms with E-state index in [9.17, 15) is 9.59 Å². The van der Waals surface area contributed by atoms with E-state index in [1.165, 1.54) is 10.9 Å². The molecule has 22 heavy (non-hydrogen) atoms. The van der Waals surface area contributed by atoms with E-state index >= 15 is 0 Å². The Labute approximate surface area is 127 Å². The summed E-state index contributed by atoms with van der Waals surface area (Å²) in [6, 6.07) is 18.7. The molecule has 0 unspecified atom stereocenters. The molecule has 2 N–H and O–H groups in total. The highest BCUT2D eigenvalue weighted by molar-refractivity contribution is 5.93. The summed E-state index contributed by atoms with van der Waals surface area (Å²) in [6.07, 6.45) is 1.43. The molecule has 1 aromatic heterocycles. The van der Waals surface area contributed by atoms with Crippen molar-refractivity contribution in [1.29, 1.82) is 0 Å². The van der Waals surface area contributed by atoms with Gasteiger partial charge in [-0.2, -0.15) is 0 Å². The Morgan fingerprint density at radius 3 is 2.32 bits per heavy atom. The normalized spacial score (nSPS) is 10.4. The summed E-state index contributed by atoms with van der Waals surface area (Å²) in [7, 11) is 0. The van der Waals surface area contributed by atoms with Crippen molar-refractivity contribution >= 4 is 5.91 Å². The predicted molar refractivity (Wildman–Crippen MR) is 84.0 cm³/mol. The molecule has 0 saturated heterocycles. The molecular formula is C17H15N3O2. The van der Waals surface area contributed by atoms with Crippen LogP contribution < -0.4 is 10.9 Å². The number of aromatic amines is 1. The van der Waals surface area contributed by atoms with Gasteiger partial charge in [0.25, 0.3) is 11.5 Å². The maximum absolute atomic E-state index is 12.3. The zero-order chi connectivity index (χ0) is 15.4. The Morgan fingerprint density at radius 1 is 1.00 bits per heavy atom. The number of nitrogens with one attached hydrogen (secondary N) is 2. The summed E-state index contributed by atoms with van der Waals surface area (Å²) < 4.78 is 1.34. The van der Waals surface area contributed by atoms with E-state index in [1.54, 1.807) is 12.1 Å². The van der Waals surface area contributed by atoms with Crippen molar-refractivity contribution in [2.75, 3.05) is 0 Å². The lowest BCUT2D eigenvalue weighted by Crippen LogP contribution is -2.29. The van der Waals surface area contributed by atoms with Crippen LogP contribution in [0.4, 0.5) is 0 Å². The lowest BCUT2D eigenvalue weighted by atomic mass is 10.2. The summed E-state index contributed by atoms with van der Waals surface area (Å²) in [5.74, 6) is -0.389. The minimum atomic E-state index is -0.389. The van der Waals surface area contributed by atoms with Crippen LogP contribution in [-0.2, 0) is 6.54 Å². The van der Waals surface area contributed by atoms with Crippen molar-refractivity contribution in [3.63, 3.8) is 0 Å². The van der Waals surface area contributed by atoms with Crippen molar-refractivity contribution in [1.82, 2.24) is 15.1 Å². The van der Waals surface area contributed by atoms with Gasteiger partial charge in [-0.15, -0.1) is 0 Å². The average molecular weight is 293 g/mol. The minimum Gasteiger partial charge on any atom is -0.348 e. The second-order valence-electron chi connectivity index (χ2n) is 4.83. The molecule has 5 nitrogen and oxygen atoms in total.